The second-order valence-corrected chi connectivity index (χ2v) is 5.60. The normalized spacial score (nSPS) is 35.3. The lowest BCUT2D eigenvalue weighted by molar-refractivity contribution is -0.152. The minimum absolute atomic E-state index is 0.140. The number of hydrogen-bond donors (Lipinski definition) is 1. The van der Waals surface area contributed by atoms with E-state index in [0.717, 1.165) is 45.5 Å². The highest BCUT2D eigenvalue weighted by atomic mass is 16.5. The lowest BCUT2D eigenvalue weighted by Gasteiger charge is -2.38. The summed E-state index contributed by atoms with van der Waals surface area (Å²) in [5.41, 5.74) is -0.566. The first-order valence-corrected chi connectivity index (χ1v) is 7.17. The largest absolute Gasteiger partial charge is 0.468 e. The molecule has 3 unspecified atom stereocenters. The van der Waals surface area contributed by atoms with Crippen molar-refractivity contribution in [2.24, 2.45) is 5.92 Å². The van der Waals surface area contributed by atoms with Gasteiger partial charge in [-0.2, -0.15) is 0 Å². The number of likely N-dealkylation sites (N-methyl/N-ethyl adjacent to an activating group) is 1. The van der Waals surface area contributed by atoms with Crippen molar-refractivity contribution in [1.29, 1.82) is 0 Å². The summed E-state index contributed by atoms with van der Waals surface area (Å²) in [5.74, 6) is 0.344. The van der Waals surface area contributed by atoms with Crippen LogP contribution in [0.15, 0.2) is 0 Å². The molecule has 1 aliphatic heterocycles. The van der Waals surface area contributed by atoms with E-state index in [-0.39, 0.29) is 12.1 Å². The molecule has 0 aromatic heterocycles. The maximum Gasteiger partial charge on any atom is 0.326 e. The molecule has 0 radical (unpaired) electrons. The third-order valence-electron chi connectivity index (χ3n) is 4.35. The van der Waals surface area contributed by atoms with E-state index in [9.17, 15) is 4.79 Å². The number of rotatable bonds is 5. The van der Waals surface area contributed by atoms with Gasteiger partial charge in [-0.15, -0.1) is 0 Å². The Morgan fingerprint density at radius 3 is 2.95 bits per heavy atom. The van der Waals surface area contributed by atoms with Crippen molar-refractivity contribution in [3.8, 4) is 0 Å². The van der Waals surface area contributed by atoms with Crippen LogP contribution in [0.4, 0.5) is 0 Å². The Hall–Kier alpha value is -0.650. The third kappa shape index (κ3) is 3.46. The highest BCUT2D eigenvalue weighted by molar-refractivity contribution is 5.80. The Morgan fingerprint density at radius 2 is 2.32 bits per heavy atom. The quantitative estimate of drug-likeness (QED) is 0.759. The number of carbonyl (C=O) groups is 1. The van der Waals surface area contributed by atoms with Crippen molar-refractivity contribution in [3.05, 3.63) is 0 Å². The lowest BCUT2D eigenvalue weighted by Crippen LogP contribution is -2.55. The van der Waals surface area contributed by atoms with Gasteiger partial charge >= 0.3 is 5.97 Å². The van der Waals surface area contributed by atoms with Crippen molar-refractivity contribution in [3.63, 3.8) is 0 Å². The third-order valence-corrected chi connectivity index (χ3v) is 4.35. The molecule has 1 N–H and O–H groups in total. The Bertz CT molecular complexity index is 304. The number of ether oxygens (including phenoxy) is 3. The first kappa shape index (κ1) is 14.8. The van der Waals surface area contributed by atoms with Gasteiger partial charge in [0, 0.05) is 18.9 Å². The molecule has 1 aliphatic carbocycles. The summed E-state index contributed by atoms with van der Waals surface area (Å²) >= 11 is 0. The minimum Gasteiger partial charge on any atom is -0.468 e. The molecule has 19 heavy (non-hydrogen) atoms. The number of methoxy groups -OCH3 is 1. The van der Waals surface area contributed by atoms with Crippen LogP contribution in [-0.2, 0) is 19.0 Å². The van der Waals surface area contributed by atoms with Crippen molar-refractivity contribution >= 4 is 5.97 Å². The molecule has 1 saturated carbocycles. The highest BCUT2D eigenvalue weighted by Gasteiger charge is 2.43. The van der Waals surface area contributed by atoms with Crippen molar-refractivity contribution in [2.75, 3.05) is 34.0 Å². The molecule has 0 aromatic rings. The van der Waals surface area contributed by atoms with Gasteiger partial charge in [-0.25, -0.2) is 0 Å². The van der Waals surface area contributed by atoms with Crippen LogP contribution in [-0.4, -0.2) is 51.6 Å². The van der Waals surface area contributed by atoms with Crippen LogP contribution in [0.3, 0.4) is 0 Å². The molecule has 0 spiro atoms. The van der Waals surface area contributed by atoms with Gasteiger partial charge in [-0.1, -0.05) is 0 Å². The molecule has 3 atom stereocenters. The van der Waals surface area contributed by atoms with Crippen molar-refractivity contribution in [2.45, 2.75) is 43.7 Å². The SMILES string of the molecule is CNC1(C(=O)OC)CCCC(OCC2CCOC2)C1. The number of nitrogens with one attached hydrogen (secondary N) is 1. The predicted molar refractivity (Wildman–Crippen MR) is 70.9 cm³/mol. The Morgan fingerprint density at radius 1 is 1.47 bits per heavy atom. The van der Waals surface area contributed by atoms with Gasteiger partial charge in [-0.05, 0) is 32.7 Å². The van der Waals surface area contributed by atoms with Crippen LogP contribution in [0.2, 0.25) is 0 Å². The Balaban J connectivity index is 1.86. The van der Waals surface area contributed by atoms with E-state index < -0.39 is 5.54 Å². The smallest absolute Gasteiger partial charge is 0.326 e. The van der Waals surface area contributed by atoms with E-state index in [0.29, 0.717) is 12.3 Å². The van der Waals surface area contributed by atoms with Gasteiger partial charge in [0.2, 0.25) is 0 Å². The minimum atomic E-state index is -0.566. The standard InChI is InChI=1S/C14H25NO4/c1-15-14(13(16)17-2)6-3-4-12(8-14)19-10-11-5-7-18-9-11/h11-12,15H,3-10H2,1-2H3. The summed E-state index contributed by atoms with van der Waals surface area (Å²) in [6.07, 6.45) is 4.75. The van der Waals surface area contributed by atoms with Crippen LogP contribution in [0.5, 0.6) is 0 Å². The van der Waals surface area contributed by atoms with Crippen LogP contribution < -0.4 is 5.32 Å². The molecule has 2 fully saturated rings. The summed E-state index contributed by atoms with van der Waals surface area (Å²) in [4.78, 5) is 12.0. The second-order valence-electron chi connectivity index (χ2n) is 5.60. The van der Waals surface area contributed by atoms with Crippen LogP contribution >= 0.6 is 0 Å². The monoisotopic (exact) mass is 271 g/mol. The van der Waals surface area contributed by atoms with Gasteiger partial charge in [0.05, 0.1) is 26.4 Å². The number of hydrogen-bond acceptors (Lipinski definition) is 5. The predicted octanol–water partition coefficient (Wildman–Crippen LogP) is 1.11. The fourth-order valence-electron chi connectivity index (χ4n) is 3.06. The molecular weight excluding hydrogens is 246 g/mol. The second kappa shape index (κ2) is 6.68. The molecule has 1 heterocycles. The molecule has 2 aliphatic rings. The van der Waals surface area contributed by atoms with Gasteiger partial charge < -0.3 is 19.5 Å². The summed E-state index contributed by atoms with van der Waals surface area (Å²) in [7, 11) is 3.27. The van der Waals surface area contributed by atoms with Gasteiger partial charge in [0.15, 0.2) is 0 Å². The fraction of sp³-hybridized carbons (Fsp3) is 0.929. The maximum absolute atomic E-state index is 12.0. The fourth-order valence-corrected chi connectivity index (χ4v) is 3.06. The molecule has 0 amide bonds. The zero-order chi connectivity index (χ0) is 13.7. The molecule has 0 aromatic carbocycles. The van der Waals surface area contributed by atoms with E-state index in [2.05, 4.69) is 5.32 Å². The molecule has 2 rings (SSSR count). The summed E-state index contributed by atoms with van der Waals surface area (Å²) in [5, 5.41) is 3.15. The molecule has 5 nitrogen and oxygen atoms in total. The van der Waals surface area contributed by atoms with E-state index in [1.54, 1.807) is 0 Å². The van der Waals surface area contributed by atoms with Gasteiger partial charge in [0.1, 0.15) is 5.54 Å². The zero-order valence-corrected chi connectivity index (χ0v) is 11.9. The molecule has 110 valence electrons. The Kier molecular flexibility index (Phi) is 5.19. The summed E-state index contributed by atoms with van der Waals surface area (Å²) in [6.45, 7) is 2.40. The summed E-state index contributed by atoms with van der Waals surface area (Å²) < 4.78 is 16.3. The average Bonchev–Trinajstić information content (AvgIpc) is 2.97. The molecule has 0 bridgehead atoms. The zero-order valence-electron chi connectivity index (χ0n) is 11.9. The molecule has 5 heteroatoms. The van der Waals surface area contributed by atoms with Crippen molar-refractivity contribution < 1.29 is 19.0 Å². The Labute approximate surface area is 115 Å². The highest BCUT2D eigenvalue weighted by Crippen LogP contribution is 2.31. The first-order valence-electron chi connectivity index (χ1n) is 7.17. The van der Waals surface area contributed by atoms with Gasteiger partial charge in [0.25, 0.3) is 0 Å². The van der Waals surface area contributed by atoms with E-state index >= 15 is 0 Å². The van der Waals surface area contributed by atoms with Crippen LogP contribution in [0.1, 0.15) is 32.1 Å². The number of carbonyl (C=O) groups excluding carboxylic acids is 1. The summed E-state index contributed by atoms with van der Waals surface area (Å²) in [6, 6.07) is 0. The molecule has 1 saturated heterocycles. The van der Waals surface area contributed by atoms with E-state index in [1.807, 2.05) is 7.05 Å². The van der Waals surface area contributed by atoms with E-state index in [4.69, 9.17) is 14.2 Å². The molecular formula is C14H25NO4. The van der Waals surface area contributed by atoms with Crippen LogP contribution in [0.25, 0.3) is 0 Å². The van der Waals surface area contributed by atoms with Crippen LogP contribution in [0, 0.1) is 5.92 Å². The number of esters is 1. The van der Waals surface area contributed by atoms with Crippen molar-refractivity contribution in [1.82, 2.24) is 5.32 Å². The topological polar surface area (TPSA) is 56.8 Å². The average molecular weight is 271 g/mol. The van der Waals surface area contributed by atoms with E-state index in [1.165, 1.54) is 7.11 Å². The maximum atomic E-state index is 12.0. The lowest BCUT2D eigenvalue weighted by atomic mass is 9.80. The first-order chi connectivity index (χ1) is 9.20. The van der Waals surface area contributed by atoms with Gasteiger partial charge in [-0.3, -0.25) is 4.79 Å².